The van der Waals surface area contributed by atoms with E-state index < -0.39 is 4.92 Å². The molecular weight excluding hydrogens is 258 g/mol. The monoisotopic (exact) mass is 265 g/mol. The molecular formula is C10H8ClN5O2. The van der Waals surface area contributed by atoms with Gasteiger partial charge in [0, 0.05) is 18.5 Å². The number of nitrogens with zero attached hydrogens (tertiary/aromatic N) is 4. The molecule has 0 amide bonds. The average Bonchev–Trinajstić information content (AvgIpc) is 2.38. The van der Waals surface area contributed by atoms with E-state index in [1.54, 1.807) is 18.6 Å². The molecule has 2 aromatic heterocycles. The molecule has 8 heteroatoms. The average molecular weight is 266 g/mol. The Hall–Kier alpha value is -2.28. The molecule has 0 radical (unpaired) electrons. The zero-order valence-corrected chi connectivity index (χ0v) is 9.83. The molecule has 0 spiro atoms. The summed E-state index contributed by atoms with van der Waals surface area (Å²) in [5, 5.41) is 13.6. The zero-order chi connectivity index (χ0) is 13.0. The summed E-state index contributed by atoms with van der Waals surface area (Å²) in [6.07, 6.45) is 5.89. The number of aromatic nitrogens is 3. The Morgan fingerprint density at radius 2 is 2.17 bits per heavy atom. The molecule has 0 aliphatic carbocycles. The smallest absolute Gasteiger partial charge is 0.289 e. The number of rotatable bonds is 4. The van der Waals surface area contributed by atoms with Gasteiger partial charge >= 0.3 is 0 Å². The standard InChI is InChI=1S/C10H8ClN5O2/c11-9-3-8(16(17)18)6-15-10(9)14-5-7-4-12-1-2-13-7/h1-4,6H,5H2,(H,14,15). The number of nitrogens with one attached hydrogen (secondary N) is 1. The first-order valence-corrected chi connectivity index (χ1v) is 5.33. The van der Waals surface area contributed by atoms with Crippen LogP contribution in [0.1, 0.15) is 5.69 Å². The van der Waals surface area contributed by atoms with Gasteiger partial charge in [-0.25, -0.2) is 4.98 Å². The largest absolute Gasteiger partial charge is 0.363 e. The molecule has 0 fully saturated rings. The Bertz CT molecular complexity index is 563. The van der Waals surface area contributed by atoms with Crippen molar-refractivity contribution in [3.63, 3.8) is 0 Å². The van der Waals surface area contributed by atoms with Crippen molar-refractivity contribution < 1.29 is 4.92 Å². The molecule has 1 N–H and O–H groups in total. The maximum absolute atomic E-state index is 10.5. The minimum absolute atomic E-state index is 0.148. The highest BCUT2D eigenvalue weighted by molar-refractivity contribution is 6.33. The molecule has 0 aliphatic heterocycles. The van der Waals surface area contributed by atoms with Crippen LogP contribution in [0.2, 0.25) is 5.02 Å². The van der Waals surface area contributed by atoms with Crippen LogP contribution in [0.4, 0.5) is 11.5 Å². The first kappa shape index (κ1) is 12.2. The van der Waals surface area contributed by atoms with Crippen LogP contribution in [-0.4, -0.2) is 19.9 Å². The van der Waals surface area contributed by atoms with Gasteiger partial charge in [0.1, 0.15) is 12.0 Å². The Kier molecular flexibility index (Phi) is 3.63. The fraction of sp³-hybridized carbons (Fsp3) is 0.100. The van der Waals surface area contributed by atoms with Gasteiger partial charge in [-0.15, -0.1) is 0 Å². The third-order valence-electron chi connectivity index (χ3n) is 2.09. The first-order chi connectivity index (χ1) is 8.66. The lowest BCUT2D eigenvalue weighted by atomic mass is 10.4. The SMILES string of the molecule is O=[N+]([O-])c1cnc(NCc2cnccn2)c(Cl)c1. The molecule has 0 bridgehead atoms. The predicted octanol–water partition coefficient (Wildman–Crippen LogP) is 2.05. The molecule has 7 nitrogen and oxygen atoms in total. The molecule has 2 aromatic rings. The maximum atomic E-state index is 10.5. The Morgan fingerprint density at radius 3 is 2.78 bits per heavy atom. The number of hydrogen-bond acceptors (Lipinski definition) is 6. The lowest BCUT2D eigenvalue weighted by molar-refractivity contribution is -0.385. The minimum Gasteiger partial charge on any atom is -0.363 e. The van der Waals surface area contributed by atoms with Gasteiger partial charge in [-0.05, 0) is 0 Å². The Morgan fingerprint density at radius 1 is 1.33 bits per heavy atom. The normalized spacial score (nSPS) is 10.1. The summed E-state index contributed by atoms with van der Waals surface area (Å²) in [4.78, 5) is 21.8. The van der Waals surface area contributed by atoms with Gasteiger partial charge in [-0.3, -0.25) is 20.1 Å². The van der Waals surface area contributed by atoms with Crippen LogP contribution in [0.3, 0.4) is 0 Å². The van der Waals surface area contributed by atoms with E-state index in [1.165, 1.54) is 6.07 Å². The van der Waals surface area contributed by atoms with Crippen molar-refractivity contribution in [2.45, 2.75) is 6.54 Å². The summed E-state index contributed by atoms with van der Waals surface area (Å²) in [7, 11) is 0. The van der Waals surface area contributed by atoms with Gasteiger partial charge in [0.05, 0.1) is 28.4 Å². The van der Waals surface area contributed by atoms with Crippen molar-refractivity contribution >= 4 is 23.1 Å². The second kappa shape index (κ2) is 5.37. The van der Waals surface area contributed by atoms with Crippen molar-refractivity contribution in [1.82, 2.24) is 15.0 Å². The van der Waals surface area contributed by atoms with Gasteiger partial charge < -0.3 is 5.32 Å². The molecule has 0 aromatic carbocycles. The summed E-state index contributed by atoms with van der Waals surface area (Å²) in [5.74, 6) is 0.368. The Labute approximate surface area is 107 Å². The van der Waals surface area contributed by atoms with Crippen LogP contribution < -0.4 is 5.32 Å². The fourth-order valence-corrected chi connectivity index (χ4v) is 1.48. The highest BCUT2D eigenvalue weighted by Crippen LogP contribution is 2.23. The quantitative estimate of drug-likeness (QED) is 0.671. The lowest BCUT2D eigenvalue weighted by Crippen LogP contribution is -2.04. The molecule has 0 unspecified atom stereocenters. The van der Waals surface area contributed by atoms with Crippen LogP contribution in [0.25, 0.3) is 0 Å². The number of hydrogen-bond donors (Lipinski definition) is 1. The van der Waals surface area contributed by atoms with E-state index in [1.807, 2.05) is 0 Å². The fourth-order valence-electron chi connectivity index (χ4n) is 1.25. The summed E-state index contributed by atoms with van der Waals surface area (Å²) in [6.45, 7) is 0.387. The third kappa shape index (κ3) is 2.89. The molecule has 0 aliphatic rings. The second-order valence-corrected chi connectivity index (χ2v) is 3.74. The third-order valence-corrected chi connectivity index (χ3v) is 2.38. The number of pyridine rings is 1. The molecule has 18 heavy (non-hydrogen) atoms. The van der Waals surface area contributed by atoms with Gasteiger partial charge in [0.25, 0.3) is 5.69 Å². The van der Waals surface area contributed by atoms with Crippen molar-refractivity contribution in [3.05, 3.63) is 51.7 Å². The first-order valence-electron chi connectivity index (χ1n) is 4.95. The van der Waals surface area contributed by atoms with Crippen molar-refractivity contribution in [3.8, 4) is 0 Å². The maximum Gasteiger partial charge on any atom is 0.289 e. The van der Waals surface area contributed by atoms with E-state index in [4.69, 9.17) is 11.6 Å². The number of anilines is 1. The molecule has 2 rings (SSSR count). The molecule has 92 valence electrons. The van der Waals surface area contributed by atoms with E-state index in [0.717, 1.165) is 6.20 Å². The highest BCUT2D eigenvalue weighted by atomic mass is 35.5. The summed E-state index contributed by atoms with van der Waals surface area (Å²) < 4.78 is 0. The Balaban J connectivity index is 2.08. The lowest BCUT2D eigenvalue weighted by Gasteiger charge is -2.05. The van der Waals surface area contributed by atoms with Gasteiger partial charge in [-0.2, -0.15) is 0 Å². The van der Waals surface area contributed by atoms with Gasteiger partial charge in [0.2, 0.25) is 0 Å². The van der Waals surface area contributed by atoms with Crippen LogP contribution in [0, 0.1) is 10.1 Å². The van der Waals surface area contributed by atoms with Gasteiger partial charge in [-0.1, -0.05) is 11.6 Å². The molecule has 2 heterocycles. The zero-order valence-electron chi connectivity index (χ0n) is 9.08. The summed E-state index contributed by atoms with van der Waals surface area (Å²) >= 11 is 5.87. The van der Waals surface area contributed by atoms with E-state index in [0.29, 0.717) is 18.1 Å². The van der Waals surface area contributed by atoms with Crippen molar-refractivity contribution in [1.29, 1.82) is 0 Å². The molecule has 0 saturated carbocycles. The van der Waals surface area contributed by atoms with Crippen LogP contribution >= 0.6 is 11.6 Å². The predicted molar refractivity (Wildman–Crippen MR) is 65.3 cm³/mol. The van der Waals surface area contributed by atoms with Crippen LogP contribution in [-0.2, 0) is 6.54 Å². The van der Waals surface area contributed by atoms with E-state index >= 15 is 0 Å². The molecule has 0 atom stereocenters. The van der Waals surface area contributed by atoms with E-state index in [2.05, 4.69) is 20.3 Å². The highest BCUT2D eigenvalue weighted by Gasteiger charge is 2.10. The number of nitro groups is 1. The molecule has 0 saturated heterocycles. The van der Waals surface area contributed by atoms with Gasteiger partial charge in [0.15, 0.2) is 0 Å². The summed E-state index contributed by atoms with van der Waals surface area (Å²) in [5.41, 5.74) is 0.568. The number of halogens is 1. The summed E-state index contributed by atoms with van der Waals surface area (Å²) in [6, 6.07) is 1.24. The van der Waals surface area contributed by atoms with E-state index in [9.17, 15) is 10.1 Å². The minimum atomic E-state index is -0.550. The van der Waals surface area contributed by atoms with Crippen LogP contribution in [0.15, 0.2) is 30.9 Å². The van der Waals surface area contributed by atoms with Crippen molar-refractivity contribution in [2.75, 3.05) is 5.32 Å². The van der Waals surface area contributed by atoms with E-state index in [-0.39, 0.29) is 10.7 Å². The second-order valence-electron chi connectivity index (χ2n) is 3.33. The van der Waals surface area contributed by atoms with Crippen LogP contribution in [0.5, 0.6) is 0 Å². The van der Waals surface area contributed by atoms with Crippen molar-refractivity contribution in [2.24, 2.45) is 0 Å². The topological polar surface area (TPSA) is 93.8 Å².